The standard InChI is InChI=1S/C16H21ClN2O/c1-18-9-11-5-6-19(10-11)16(20)15-8-14(15)12-3-2-4-13(17)7-12/h2-4,7,11,14-15,18H,5-6,8-10H2,1H3. The van der Waals surface area contributed by atoms with Gasteiger partial charge in [-0.2, -0.15) is 0 Å². The molecule has 3 atom stereocenters. The number of hydrogen-bond donors (Lipinski definition) is 1. The topological polar surface area (TPSA) is 32.3 Å². The first-order valence-electron chi connectivity index (χ1n) is 7.38. The van der Waals surface area contributed by atoms with E-state index < -0.39 is 0 Å². The van der Waals surface area contributed by atoms with E-state index in [-0.39, 0.29) is 5.92 Å². The van der Waals surface area contributed by atoms with Gasteiger partial charge >= 0.3 is 0 Å². The van der Waals surface area contributed by atoms with Gasteiger partial charge in [-0.3, -0.25) is 4.79 Å². The molecule has 1 aliphatic carbocycles. The number of likely N-dealkylation sites (tertiary alicyclic amines) is 1. The van der Waals surface area contributed by atoms with Crippen molar-refractivity contribution in [1.29, 1.82) is 0 Å². The summed E-state index contributed by atoms with van der Waals surface area (Å²) in [5.41, 5.74) is 1.21. The smallest absolute Gasteiger partial charge is 0.226 e. The Morgan fingerprint density at radius 1 is 1.50 bits per heavy atom. The predicted octanol–water partition coefficient (Wildman–Crippen LogP) is 2.51. The lowest BCUT2D eigenvalue weighted by Crippen LogP contribution is -2.31. The second-order valence-corrected chi connectivity index (χ2v) is 6.44. The SMILES string of the molecule is CNCC1CCN(C(=O)C2CC2c2cccc(Cl)c2)C1. The summed E-state index contributed by atoms with van der Waals surface area (Å²) in [5.74, 6) is 1.52. The maximum absolute atomic E-state index is 12.5. The number of nitrogens with zero attached hydrogens (tertiary/aromatic N) is 1. The van der Waals surface area contributed by atoms with Gasteiger partial charge in [-0.05, 0) is 56.0 Å². The lowest BCUT2D eigenvalue weighted by molar-refractivity contribution is -0.131. The van der Waals surface area contributed by atoms with Crippen LogP contribution in [0.25, 0.3) is 0 Å². The van der Waals surface area contributed by atoms with Crippen LogP contribution in [0.2, 0.25) is 5.02 Å². The third kappa shape index (κ3) is 2.84. The number of carbonyl (C=O) groups is 1. The molecule has 3 nitrogen and oxygen atoms in total. The fourth-order valence-corrected chi connectivity index (χ4v) is 3.49. The molecule has 108 valence electrons. The van der Waals surface area contributed by atoms with Gasteiger partial charge < -0.3 is 10.2 Å². The fourth-order valence-electron chi connectivity index (χ4n) is 3.30. The Kier molecular flexibility index (Phi) is 3.99. The highest BCUT2D eigenvalue weighted by Crippen LogP contribution is 2.49. The molecule has 1 aromatic carbocycles. The van der Waals surface area contributed by atoms with E-state index in [1.165, 1.54) is 5.56 Å². The number of halogens is 1. The normalized spacial score (nSPS) is 28.7. The lowest BCUT2D eigenvalue weighted by atomic mass is 10.1. The molecule has 1 heterocycles. The maximum atomic E-state index is 12.5. The molecule has 4 heteroatoms. The van der Waals surface area contributed by atoms with Crippen molar-refractivity contribution in [3.63, 3.8) is 0 Å². The summed E-state index contributed by atoms with van der Waals surface area (Å²) in [6.07, 6.45) is 2.10. The van der Waals surface area contributed by atoms with Gasteiger partial charge in [-0.25, -0.2) is 0 Å². The van der Waals surface area contributed by atoms with Crippen LogP contribution >= 0.6 is 11.6 Å². The zero-order chi connectivity index (χ0) is 14.1. The molecule has 1 saturated heterocycles. The van der Waals surface area contributed by atoms with Gasteiger partial charge in [0, 0.05) is 24.0 Å². The number of carbonyl (C=O) groups excluding carboxylic acids is 1. The molecule has 20 heavy (non-hydrogen) atoms. The summed E-state index contributed by atoms with van der Waals surface area (Å²) in [4.78, 5) is 14.6. The molecule has 1 saturated carbocycles. The third-order valence-electron chi connectivity index (χ3n) is 4.47. The maximum Gasteiger partial charge on any atom is 0.226 e. The van der Waals surface area contributed by atoms with Crippen LogP contribution in [-0.2, 0) is 4.79 Å². The van der Waals surface area contributed by atoms with Gasteiger partial charge in [0.05, 0.1) is 0 Å². The average molecular weight is 293 g/mol. The minimum Gasteiger partial charge on any atom is -0.342 e. The zero-order valence-corrected chi connectivity index (χ0v) is 12.6. The van der Waals surface area contributed by atoms with Crippen molar-refractivity contribution in [1.82, 2.24) is 10.2 Å². The molecule has 3 unspecified atom stereocenters. The van der Waals surface area contributed by atoms with Gasteiger partial charge in [-0.1, -0.05) is 23.7 Å². The van der Waals surface area contributed by atoms with E-state index in [9.17, 15) is 4.79 Å². The molecule has 0 aromatic heterocycles. The molecule has 0 spiro atoms. The van der Waals surface area contributed by atoms with E-state index in [4.69, 9.17) is 11.6 Å². The first-order valence-corrected chi connectivity index (χ1v) is 7.75. The van der Waals surface area contributed by atoms with Crippen LogP contribution in [0.3, 0.4) is 0 Å². The first kappa shape index (κ1) is 13.9. The number of rotatable bonds is 4. The summed E-state index contributed by atoms with van der Waals surface area (Å²) >= 11 is 6.02. The molecule has 1 N–H and O–H groups in total. The lowest BCUT2D eigenvalue weighted by Gasteiger charge is -2.16. The number of nitrogens with one attached hydrogen (secondary N) is 1. The van der Waals surface area contributed by atoms with Crippen LogP contribution in [0, 0.1) is 11.8 Å². The highest BCUT2D eigenvalue weighted by molar-refractivity contribution is 6.30. The summed E-state index contributed by atoms with van der Waals surface area (Å²) in [7, 11) is 1.97. The highest BCUT2D eigenvalue weighted by Gasteiger charge is 2.46. The first-order chi connectivity index (χ1) is 9.69. The van der Waals surface area contributed by atoms with Crippen molar-refractivity contribution in [3.05, 3.63) is 34.9 Å². The van der Waals surface area contributed by atoms with E-state index in [0.29, 0.717) is 17.7 Å². The van der Waals surface area contributed by atoms with Crippen LogP contribution < -0.4 is 5.32 Å². The number of hydrogen-bond acceptors (Lipinski definition) is 2. The van der Waals surface area contributed by atoms with Gasteiger partial charge in [0.25, 0.3) is 0 Å². The monoisotopic (exact) mass is 292 g/mol. The Hall–Kier alpha value is -1.06. The minimum absolute atomic E-state index is 0.182. The molecule has 2 fully saturated rings. The van der Waals surface area contributed by atoms with Crippen molar-refractivity contribution in [2.75, 3.05) is 26.7 Å². The van der Waals surface area contributed by atoms with Crippen molar-refractivity contribution < 1.29 is 4.79 Å². The summed E-state index contributed by atoms with van der Waals surface area (Å²) in [6.45, 7) is 2.84. The van der Waals surface area contributed by atoms with Crippen molar-refractivity contribution in [3.8, 4) is 0 Å². The van der Waals surface area contributed by atoms with Crippen LogP contribution in [0.5, 0.6) is 0 Å². The van der Waals surface area contributed by atoms with Crippen LogP contribution in [0.1, 0.15) is 24.3 Å². The van der Waals surface area contributed by atoms with E-state index in [0.717, 1.165) is 37.5 Å². The Balaban J connectivity index is 1.58. The van der Waals surface area contributed by atoms with E-state index in [2.05, 4.69) is 16.3 Å². The Morgan fingerprint density at radius 3 is 3.10 bits per heavy atom. The van der Waals surface area contributed by atoms with E-state index in [1.807, 2.05) is 25.2 Å². The van der Waals surface area contributed by atoms with Gasteiger partial charge in [-0.15, -0.1) is 0 Å². The third-order valence-corrected chi connectivity index (χ3v) is 4.71. The van der Waals surface area contributed by atoms with Crippen molar-refractivity contribution >= 4 is 17.5 Å². The van der Waals surface area contributed by atoms with E-state index in [1.54, 1.807) is 0 Å². The molecule has 1 amide bonds. The van der Waals surface area contributed by atoms with Gasteiger partial charge in [0.1, 0.15) is 0 Å². The number of benzene rings is 1. The van der Waals surface area contributed by atoms with Crippen molar-refractivity contribution in [2.45, 2.75) is 18.8 Å². The number of amides is 1. The second kappa shape index (κ2) is 5.74. The molecule has 0 bridgehead atoms. The van der Waals surface area contributed by atoms with Crippen LogP contribution in [0.4, 0.5) is 0 Å². The zero-order valence-electron chi connectivity index (χ0n) is 11.8. The molecule has 0 radical (unpaired) electrons. The Bertz CT molecular complexity index is 505. The second-order valence-electron chi connectivity index (χ2n) is 6.00. The summed E-state index contributed by atoms with van der Waals surface area (Å²) in [6, 6.07) is 7.92. The average Bonchev–Trinajstić information content (AvgIpc) is 3.11. The molecule has 2 aliphatic rings. The van der Waals surface area contributed by atoms with Gasteiger partial charge in [0.15, 0.2) is 0 Å². The molecule has 3 rings (SSSR count). The fraction of sp³-hybridized carbons (Fsp3) is 0.562. The highest BCUT2D eigenvalue weighted by atomic mass is 35.5. The molecular formula is C16H21ClN2O. The largest absolute Gasteiger partial charge is 0.342 e. The van der Waals surface area contributed by atoms with Gasteiger partial charge in [0.2, 0.25) is 5.91 Å². The molecule has 1 aromatic rings. The molecule has 1 aliphatic heterocycles. The Labute approximate surface area is 125 Å². The minimum atomic E-state index is 0.182. The quantitative estimate of drug-likeness (QED) is 0.925. The van der Waals surface area contributed by atoms with Crippen LogP contribution in [-0.4, -0.2) is 37.5 Å². The van der Waals surface area contributed by atoms with Crippen LogP contribution in [0.15, 0.2) is 24.3 Å². The molecular weight excluding hydrogens is 272 g/mol. The Morgan fingerprint density at radius 2 is 2.35 bits per heavy atom. The summed E-state index contributed by atoms with van der Waals surface area (Å²) < 4.78 is 0. The summed E-state index contributed by atoms with van der Waals surface area (Å²) in [5, 5.41) is 3.96. The van der Waals surface area contributed by atoms with Crippen molar-refractivity contribution in [2.24, 2.45) is 11.8 Å². The predicted molar refractivity (Wildman–Crippen MR) is 80.9 cm³/mol. The van der Waals surface area contributed by atoms with E-state index >= 15 is 0 Å².